The van der Waals surface area contributed by atoms with Gasteiger partial charge in [0.25, 0.3) is 5.91 Å². The molecule has 2 amide bonds. The summed E-state index contributed by atoms with van der Waals surface area (Å²) in [6, 6.07) is 4.63. The molecule has 0 radical (unpaired) electrons. The normalized spacial score (nSPS) is 24.1. The number of carbonyl (C=O) groups excluding carboxylic acids is 3. The molecule has 2 aromatic rings. The molecule has 1 aromatic heterocycles. The average Bonchev–Trinajstić information content (AvgIpc) is 3.80. The number of aromatic nitrogens is 1. The fourth-order valence-corrected chi connectivity index (χ4v) is 9.32. The van der Waals surface area contributed by atoms with Crippen LogP contribution in [0, 0.1) is 5.41 Å². The topological polar surface area (TPSA) is 154 Å². The van der Waals surface area contributed by atoms with Gasteiger partial charge in [-0.1, -0.05) is 32.6 Å². The lowest BCUT2D eigenvalue weighted by Gasteiger charge is -2.35. The van der Waals surface area contributed by atoms with E-state index in [0.717, 1.165) is 56.9 Å². The van der Waals surface area contributed by atoms with E-state index in [0.29, 0.717) is 57.9 Å². The molecule has 4 aliphatic rings. The Hall–Kier alpha value is -4.02. The van der Waals surface area contributed by atoms with Gasteiger partial charge in [-0.25, -0.2) is 10.2 Å². The summed E-state index contributed by atoms with van der Waals surface area (Å²) in [6.07, 6.45) is 6.29. The Bertz CT molecular complexity index is 1990. The first kappa shape index (κ1) is 45.5. The molecule has 1 unspecified atom stereocenters. The lowest BCUT2D eigenvalue weighted by atomic mass is 9.84. The van der Waals surface area contributed by atoms with Gasteiger partial charge in [0.2, 0.25) is 0 Å². The fourth-order valence-electron chi connectivity index (χ4n) is 8.22. The van der Waals surface area contributed by atoms with Crippen molar-refractivity contribution in [1.29, 1.82) is 0 Å². The molecule has 6 rings (SSSR count). The molecule has 60 heavy (non-hydrogen) atoms. The molecule has 1 aromatic carbocycles. The Morgan fingerprint density at radius 3 is 2.68 bits per heavy atom. The van der Waals surface area contributed by atoms with Crippen molar-refractivity contribution < 1.29 is 38.1 Å². The molecule has 6 bridgehead atoms. The van der Waals surface area contributed by atoms with E-state index in [4.69, 9.17) is 33.7 Å². The van der Waals surface area contributed by atoms with E-state index >= 15 is 0 Å². The molecule has 5 heterocycles. The van der Waals surface area contributed by atoms with Crippen LogP contribution in [0.5, 0.6) is 0 Å². The Labute approximate surface area is 358 Å². The van der Waals surface area contributed by atoms with Crippen molar-refractivity contribution in [3.8, 4) is 0 Å². The van der Waals surface area contributed by atoms with E-state index in [1.54, 1.807) is 45.9 Å². The van der Waals surface area contributed by atoms with Gasteiger partial charge in [-0.2, -0.15) is 0 Å². The third kappa shape index (κ3) is 11.1. The van der Waals surface area contributed by atoms with Crippen LogP contribution in [0.3, 0.4) is 0 Å². The summed E-state index contributed by atoms with van der Waals surface area (Å²) in [5, 5.41) is 6.05. The predicted octanol–water partition coefficient (Wildman–Crippen LogP) is 6.95. The van der Waals surface area contributed by atoms with E-state index in [1.165, 1.54) is 5.01 Å². The van der Waals surface area contributed by atoms with E-state index < -0.39 is 35.2 Å². The quantitative estimate of drug-likeness (QED) is 0.146. The van der Waals surface area contributed by atoms with Crippen LogP contribution in [0.25, 0.3) is 16.5 Å². The summed E-state index contributed by atoms with van der Waals surface area (Å²) < 4.78 is 31.9. The number of cyclic esters (lactones) is 1. The number of hydrazine groups is 1. The highest BCUT2D eigenvalue weighted by atomic mass is 32.2. The third-order valence-electron chi connectivity index (χ3n) is 11.2. The minimum atomic E-state index is -0.974. The smallest absolute Gasteiger partial charge is 0.408 e. The lowest BCUT2D eigenvalue weighted by molar-refractivity contribution is -0.155. The second-order valence-corrected chi connectivity index (χ2v) is 18.8. The van der Waals surface area contributed by atoms with Crippen molar-refractivity contribution in [2.45, 2.75) is 129 Å². The summed E-state index contributed by atoms with van der Waals surface area (Å²) in [4.78, 5) is 51.0. The first-order valence-electron chi connectivity index (χ1n) is 21.3. The molecule has 14 nitrogen and oxygen atoms in total. The molecule has 328 valence electrons. The number of esters is 1. The summed E-state index contributed by atoms with van der Waals surface area (Å²) >= 11 is 1.58. The van der Waals surface area contributed by atoms with Crippen molar-refractivity contribution in [3.05, 3.63) is 53.4 Å². The molecule has 0 aliphatic carbocycles. The first-order valence-corrected chi connectivity index (χ1v) is 22.3. The molecule has 2 saturated heterocycles. The number of ether oxygens (including phenoxy) is 5. The standard InChI is InChI=1S/C45H64N6O8S/c1-10-31(39(46-11-2)28(3)55-9)40-33-25-45(7,8)27-58-42(53)34-13-12-18-51(49-34)41(52)35(48-43(54)59-44(4,5)6)24-38-47-36(26-60-38)29-14-15-37(32(33)23-29)50(40)19-22-57-30-16-20-56-21-17-30/h10-11,14-15,23,28,30,34-36,49H,1,12-13,16-22,24-27H2,2-9H3,(H,48,54)/b39-31+,46-11-/t28-,34-,35-,36?/m0/s1. The highest BCUT2D eigenvalue weighted by molar-refractivity contribution is 8.14. The number of alkyl carbamates (subject to hydrolysis) is 1. The Morgan fingerprint density at radius 1 is 1.22 bits per heavy atom. The van der Waals surface area contributed by atoms with Crippen LogP contribution in [0.4, 0.5) is 4.79 Å². The van der Waals surface area contributed by atoms with Gasteiger partial charge in [0.1, 0.15) is 17.7 Å². The van der Waals surface area contributed by atoms with E-state index in [2.05, 4.69) is 53.9 Å². The maximum atomic E-state index is 14.1. The number of rotatable bonds is 10. The molecule has 2 fully saturated rings. The van der Waals surface area contributed by atoms with Gasteiger partial charge in [-0.3, -0.25) is 24.6 Å². The molecule has 0 saturated carbocycles. The van der Waals surface area contributed by atoms with Crippen molar-refractivity contribution in [2.24, 2.45) is 15.4 Å². The highest BCUT2D eigenvalue weighted by Crippen LogP contribution is 2.41. The summed E-state index contributed by atoms with van der Waals surface area (Å²) in [6.45, 7) is 20.7. The van der Waals surface area contributed by atoms with Gasteiger partial charge < -0.3 is 33.6 Å². The van der Waals surface area contributed by atoms with Crippen LogP contribution in [0.2, 0.25) is 0 Å². The predicted molar refractivity (Wildman–Crippen MR) is 236 cm³/mol. The van der Waals surface area contributed by atoms with Gasteiger partial charge in [-0.05, 0) is 90.0 Å². The van der Waals surface area contributed by atoms with Crippen molar-refractivity contribution in [3.63, 3.8) is 0 Å². The molecule has 15 heteroatoms. The van der Waals surface area contributed by atoms with Crippen molar-refractivity contribution >= 4 is 57.5 Å². The third-order valence-corrected chi connectivity index (χ3v) is 12.3. The molecule has 4 atom stereocenters. The van der Waals surface area contributed by atoms with Gasteiger partial charge in [0, 0.05) is 73.7 Å². The van der Waals surface area contributed by atoms with E-state index in [9.17, 15) is 14.4 Å². The number of hydrogen-bond acceptors (Lipinski definition) is 12. The zero-order valence-electron chi connectivity index (χ0n) is 36.6. The van der Waals surface area contributed by atoms with Gasteiger partial charge in [0.05, 0.1) is 47.9 Å². The zero-order chi connectivity index (χ0) is 43.2. The van der Waals surface area contributed by atoms with Gasteiger partial charge in [0.15, 0.2) is 0 Å². The second-order valence-electron chi connectivity index (χ2n) is 17.7. The number of allylic oxidation sites excluding steroid dienone is 2. The molecular formula is C45H64N6O8S. The SMILES string of the molecule is C=C/C(=C(\N=C/C)[C@H](C)OC)c1c2c3cc(ccc3n1CCOC1CCOCC1)C1CSC(=N1)C[C@H](NC(=O)OC(C)(C)C)C(=O)N1CCC[C@H](N1)C(=O)OCC(C)(C)C2. The fraction of sp³-hybridized carbons (Fsp3) is 0.622. The van der Waals surface area contributed by atoms with E-state index in [1.807, 2.05) is 19.9 Å². The highest BCUT2D eigenvalue weighted by Gasteiger charge is 2.37. The summed E-state index contributed by atoms with van der Waals surface area (Å²) in [7, 11) is 1.68. The number of hydrogen-bond donors (Lipinski definition) is 2. The van der Waals surface area contributed by atoms with Crippen molar-refractivity contribution in [2.75, 3.05) is 45.8 Å². The lowest BCUT2D eigenvalue weighted by Crippen LogP contribution is -2.60. The second kappa shape index (κ2) is 19.8. The maximum absolute atomic E-state index is 14.1. The van der Waals surface area contributed by atoms with Crippen LogP contribution >= 0.6 is 11.8 Å². The molecular weight excluding hydrogens is 785 g/mol. The number of amides is 2. The summed E-state index contributed by atoms with van der Waals surface area (Å²) in [5.74, 6) is -0.132. The number of benzene rings is 1. The monoisotopic (exact) mass is 848 g/mol. The maximum Gasteiger partial charge on any atom is 0.408 e. The van der Waals surface area contributed by atoms with Crippen LogP contribution in [0.15, 0.2) is 46.5 Å². The number of methoxy groups -OCH3 is 1. The first-order chi connectivity index (χ1) is 28.6. The zero-order valence-corrected chi connectivity index (χ0v) is 37.5. The molecule has 2 N–H and O–H groups in total. The van der Waals surface area contributed by atoms with Crippen LogP contribution in [-0.4, -0.2) is 115 Å². The van der Waals surface area contributed by atoms with Crippen LogP contribution in [-0.2, 0) is 46.2 Å². The largest absolute Gasteiger partial charge is 0.464 e. The Morgan fingerprint density at radius 2 is 1.98 bits per heavy atom. The Kier molecular flexibility index (Phi) is 15.0. The summed E-state index contributed by atoms with van der Waals surface area (Å²) in [5.41, 5.74) is 7.54. The minimum absolute atomic E-state index is 0.133. The van der Waals surface area contributed by atoms with Gasteiger partial charge >= 0.3 is 12.1 Å². The van der Waals surface area contributed by atoms with E-state index in [-0.39, 0.29) is 37.2 Å². The molecule has 4 aliphatic heterocycles. The number of aliphatic imine (C=N–C) groups is 2. The number of nitrogens with zero attached hydrogens (tertiary/aromatic N) is 4. The number of fused-ring (bicyclic) bond motifs is 5. The van der Waals surface area contributed by atoms with Crippen LogP contribution < -0.4 is 10.7 Å². The number of carbonyl (C=O) groups is 3. The molecule has 0 spiro atoms. The number of nitrogens with one attached hydrogen (secondary N) is 2. The van der Waals surface area contributed by atoms with Gasteiger partial charge in [-0.15, -0.1) is 11.8 Å². The van der Waals surface area contributed by atoms with Crippen molar-refractivity contribution in [1.82, 2.24) is 20.3 Å². The van der Waals surface area contributed by atoms with Crippen LogP contribution in [0.1, 0.15) is 103 Å². The average molecular weight is 849 g/mol. The number of thioether (sulfide) groups is 1. The minimum Gasteiger partial charge on any atom is -0.464 e. The Balaban J connectivity index is 1.49.